The van der Waals surface area contributed by atoms with Gasteiger partial charge in [0.05, 0.1) is 20.8 Å². The summed E-state index contributed by atoms with van der Waals surface area (Å²) in [6.07, 6.45) is 1.19. The van der Waals surface area contributed by atoms with Crippen LogP contribution < -0.4 is 19.5 Å². The molecule has 1 heterocycles. The number of ether oxygens (including phenoxy) is 3. The minimum atomic E-state index is 0.0470. The lowest BCUT2D eigenvalue weighted by Gasteiger charge is -2.11. The van der Waals surface area contributed by atoms with Crippen molar-refractivity contribution in [2.45, 2.75) is 18.8 Å². The highest BCUT2D eigenvalue weighted by Gasteiger charge is 2.25. The van der Waals surface area contributed by atoms with Gasteiger partial charge in [-0.05, 0) is 30.2 Å². The Morgan fingerprint density at radius 1 is 1.16 bits per heavy atom. The van der Waals surface area contributed by atoms with E-state index in [0.29, 0.717) is 31.1 Å². The fourth-order valence-electron chi connectivity index (χ4n) is 3.08. The number of hydrogen-bond acceptors (Lipinski definition) is 4. The van der Waals surface area contributed by atoms with Crippen molar-refractivity contribution in [1.29, 1.82) is 0 Å². The molecule has 1 amide bonds. The van der Waals surface area contributed by atoms with Crippen LogP contribution in [0.15, 0.2) is 42.5 Å². The molecule has 0 saturated carbocycles. The van der Waals surface area contributed by atoms with Gasteiger partial charge in [-0.3, -0.25) is 4.79 Å². The van der Waals surface area contributed by atoms with Gasteiger partial charge in [-0.25, -0.2) is 0 Å². The van der Waals surface area contributed by atoms with Crippen molar-refractivity contribution >= 4 is 5.91 Å². The Kier molecular flexibility index (Phi) is 5.43. The third kappa shape index (κ3) is 4.05. The van der Waals surface area contributed by atoms with Crippen LogP contribution in [0, 0.1) is 0 Å². The van der Waals surface area contributed by atoms with E-state index in [9.17, 15) is 4.79 Å². The maximum atomic E-state index is 12.2. The third-order valence-electron chi connectivity index (χ3n) is 4.41. The quantitative estimate of drug-likeness (QED) is 0.841. The Bertz CT molecular complexity index is 744. The molecule has 2 aromatic carbocycles. The molecule has 5 heteroatoms. The van der Waals surface area contributed by atoms with Gasteiger partial charge in [-0.2, -0.15) is 0 Å². The Morgan fingerprint density at radius 3 is 2.76 bits per heavy atom. The van der Waals surface area contributed by atoms with Crippen molar-refractivity contribution in [3.8, 4) is 17.2 Å². The van der Waals surface area contributed by atoms with Gasteiger partial charge in [0.2, 0.25) is 5.91 Å². The average molecular weight is 341 g/mol. The van der Waals surface area contributed by atoms with Crippen molar-refractivity contribution < 1.29 is 19.0 Å². The highest BCUT2D eigenvalue weighted by Crippen LogP contribution is 2.35. The van der Waals surface area contributed by atoms with Crippen LogP contribution in [0.1, 0.15) is 23.5 Å². The van der Waals surface area contributed by atoms with E-state index < -0.39 is 0 Å². The average Bonchev–Trinajstić information content (AvgIpc) is 3.04. The minimum Gasteiger partial charge on any atom is -0.493 e. The van der Waals surface area contributed by atoms with Crippen LogP contribution in [-0.4, -0.2) is 33.3 Å². The smallest absolute Gasteiger partial charge is 0.220 e. The van der Waals surface area contributed by atoms with Crippen LogP contribution in [0.25, 0.3) is 0 Å². The Hall–Kier alpha value is -2.69. The number of nitrogens with one attached hydrogen (secondary N) is 1. The number of carbonyl (C=O) groups excluding carboxylic acids is 1. The molecule has 0 spiro atoms. The summed E-state index contributed by atoms with van der Waals surface area (Å²) < 4.78 is 16.2. The molecule has 3 rings (SSSR count). The molecule has 1 atom stereocenters. The predicted octanol–water partition coefficient (Wildman–Crippen LogP) is 2.93. The van der Waals surface area contributed by atoms with E-state index >= 15 is 0 Å². The van der Waals surface area contributed by atoms with E-state index in [2.05, 4.69) is 5.32 Å². The molecule has 1 aliphatic rings. The molecule has 132 valence electrons. The molecular formula is C20H23NO4. The van der Waals surface area contributed by atoms with Gasteiger partial charge in [-0.1, -0.05) is 24.3 Å². The van der Waals surface area contributed by atoms with Gasteiger partial charge in [-0.15, -0.1) is 0 Å². The topological polar surface area (TPSA) is 56.8 Å². The monoisotopic (exact) mass is 341 g/mol. The standard InChI is InChI=1S/C20H23NO4/c1-23-18-8-7-14(11-19(18)24-2)9-10-21-20(22)12-15-13-25-17-6-4-3-5-16(15)17/h3-8,11,15H,9-10,12-13H2,1-2H3,(H,21,22). The van der Waals surface area contributed by atoms with E-state index in [1.165, 1.54) is 0 Å². The van der Waals surface area contributed by atoms with Gasteiger partial charge < -0.3 is 19.5 Å². The molecular weight excluding hydrogens is 318 g/mol. The number of fused-ring (bicyclic) bond motifs is 1. The van der Waals surface area contributed by atoms with Gasteiger partial charge in [0.1, 0.15) is 5.75 Å². The molecule has 0 aromatic heterocycles. The highest BCUT2D eigenvalue weighted by molar-refractivity contribution is 5.77. The van der Waals surface area contributed by atoms with Gasteiger partial charge in [0.25, 0.3) is 0 Å². The van der Waals surface area contributed by atoms with E-state index in [0.717, 1.165) is 23.3 Å². The molecule has 2 aromatic rings. The summed E-state index contributed by atoms with van der Waals surface area (Å²) in [5.74, 6) is 2.48. The summed E-state index contributed by atoms with van der Waals surface area (Å²) in [5, 5.41) is 2.99. The zero-order chi connectivity index (χ0) is 17.6. The molecule has 0 radical (unpaired) electrons. The van der Waals surface area contributed by atoms with Crippen molar-refractivity contribution in [2.75, 3.05) is 27.4 Å². The zero-order valence-corrected chi connectivity index (χ0v) is 14.6. The number of carbonyl (C=O) groups is 1. The van der Waals surface area contributed by atoms with Crippen LogP contribution >= 0.6 is 0 Å². The van der Waals surface area contributed by atoms with Crippen molar-refractivity contribution in [3.05, 3.63) is 53.6 Å². The first-order valence-electron chi connectivity index (χ1n) is 8.40. The number of methoxy groups -OCH3 is 2. The van der Waals surface area contributed by atoms with Crippen molar-refractivity contribution in [2.24, 2.45) is 0 Å². The summed E-state index contributed by atoms with van der Waals surface area (Å²) in [7, 11) is 3.23. The van der Waals surface area contributed by atoms with Gasteiger partial charge in [0, 0.05) is 24.4 Å². The zero-order valence-electron chi connectivity index (χ0n) is 14.6. The van der Waals surface area contributed by atoms with E-state index in [1.54, 1.807) is 14.2 Å². The number of rotatable bonds is 7. The first kappa shape index (κ1) is 17.1. The molecule has 1 aliphatic heterocycles. The number of amides is 1. The molecule has 1 unspecified atom stereocenters. The maximum Gasteiger partial charge on any atom is 0.220 e. The number of benzene rings is 2. The normalized spacial score (nSPS) is 15.2. The van der Waals surface area contributed by atoms with E-state index in [4.69, 9.17) is 14.2 Å². The fraction of sp³-hybridized carbons (Fsp3) is 0.350. The van der Waals surface area contributed by atoms with E-state index in [-0.39, 0.29) is 11.8 Å². The van der Waals surface area contributed by atoms with Crippen LogP contribution in [0.5, 0.6) is 17.2 Å². The summed E-state index contributed by atoms with van der Waals surface area (Å²) in [6, 6.07) is 13.7. The summed E-state index contributed by atoms with van der Waals surface area (Å²) >= 11 is 0. The molecule has 0 saturated heterocycles. The lowest BCUT2D eigenvalue weighted by molar-refractivity contribution is -0.121. The molecule has 25 heavy (non-hydrogen) atoms. The van der Waals surface area contributed by atoms with Crippen LogP contribution in [-0.2, 0) is 11.2 Å². The van der Waals surface area contributed by atoms with Gasteiger partial charge in [0.15, 0.2) is 11.5 Å². The first-order chi connectivity index (χ1) is 12.2. The molecule has 0 bridgehead atoms. The minimum absolute atomic E-state index is 0.0470. The molecule has 0 fully saturated rings. The first-order valence-corrected chi connectivity index (χ1v) is 8.40. The summed E-state index contributed by atoms with van der Waals surface area (Å²) in [5.41, 5.74) is 2.21. The van der Waals surface area contributed by atoms with Gasteiger partial charge >= 0.3 is 0 Å². The largest absolute Gasteiger partial charge is 0.493 e. The lowest BCUT2D eigenvalue weighted by Crippen LogP contribution is -2.27. The van der Waals surface area contributed by atoms with Crippen molar-refractivity contribution in [1.82, 2.24) is 5.32 Å². The summed E-state index contributed by atoms with van der Waals surface area (Å²) in [6.45, 7) is 1.16. The Labute approximate surface area is 147 Å². The maximum absolute atomic E-state index is 12.2. The van der Waals surface area contributed by atoms with Crippen LogP contribution in [0.4, 0.5) is 0 Å². The molecule has 1 N–H and O–H groups in total. The SMILES string of the molecule is COc1ccc(CCNC(=O)CC2COc3ccccc32)cc1OC. The number of hydrogen-bond donors (Lipinski definition) is 1. The second kappa shape index (κ2) is 7.92. The van der Waals surface area contributed by atoms with Crippen molar-refractivity contribution in [3.63, 3.8) is 0 Å². The number of para-hydroxylation sites is 1. The Balaban J connectivity index is 1.49. The second-order valence-corrected chi connectivity index (χ2v) is 6.04. The third-order valence-corrected chi connectivity index (χ3v) is 4.41. The lowest BCUT2D eigenvalue weighted by atomic mass is 9.97. The fourth-order valence-corrected chi connectivity index (χ4v) is 3.08. The molecule has 5 nitrogen and oxygen atoms in total. The van der Waals surface area contributed by atoms with Crippen LogP contribution in [0.3, 0.4) is 0 Å². The molecule has 0 aliphatic carbocycles. The predicted molar refractivity (Wildman–Crippen MR) is 95.6 cm³/mol. The summed E-state index contributed by atoms with van der Waals surface area (Å²) in [4.78, 5) is 12.2. The van der Waals surface area contributed by atoms with E-state index in [1.807, 2.05) is 42.5 Å². The second-order valence-electron chi connectivity index (χ2n) is 6.04. The highest BCUT2D eigenvalue weighted by atomic mass is 16.5. The Morgan fingerprint density at radius 2 is 1.96 bits per heavy atom. The van der Waals surface area contributed by atoms with Crippen LogP contribution in [0.2, 0.25) is 0 Å².